The molecule has 2 fully saturated rings. The first-order valence-corrected chi connectivity index (χ1v) is 10.0. The first-order valence-electron chi connectivity index (χ1n) is 10.0. The Labute approximate surface area is 161 Å². The van der Waals surface area contributed by atoms with E-state index in [4.69, 9.17) is 0 Å². The van der Waals surface area contributed by atoms with Crippen molar-refractivity contribution in [2.24, 2.45) is 0 Å². The van der Waals surface area contributed by atoms with E-state index in [1.807, 2.05) is 34.0 Å². The van der Waals surface area contributed by atoms with Crippen molar-refractivity contribution < 1.29 is 4.79 Å². The summed E-state index contributed by atoms with van der Waals surface area (Å²) >= 11 is 0. The Morgan fingerprint density at radius 2 is 1.89 bits per heavy atom. The fourth-order valence-electron chi connectivity index (χ4n) is 4.02. The van der Waals surface area contributed by atoms with Crippen LogP contribution in [0.5, 0.6) is 0 Å². The highest BCUT2D eigenvalue weighted by Gasteiger charge is 2.44. The van der Waals surface area contributed by atoms with Crippen molar-refractivity contribution >= 4 is 11.6 Å². The molecule has 0 spiro atoms. The van der Waals surface area contributed by atoms with Crippen molar-refractivity contribution in [2.45, 2.75) is 44.8 Å². The highest BCUT2D eigenvalue weighted by Crippen LogP contribution is 2.31. The molecule has 144 valence electrons. The van der Waals surface area contributed by atoms with Crippen LogP contribution in [-0.4, -0.2) is 57.2 Å². The van der Waals surface area contributed by atoms with Gasteiger partial charge in [-0.3, -0.25) is 14.4 Å². The van der Waals surface area contributed by atoms with E-state index in [-0.39, 0.29) is 5.91 Å². The van der Waals surface area contributed by atoms with Gasteiger partial charge in [0.1, 0.15) is 5.54 Å². The first kappa shape index (κ1) is 18.0. The summed E-state index contributed by atoms with van der Waals surface area (Å²) in [7, 11) is 0. The van der Waals surface area contributed by atoms with Gasteiger partial charge in [-0.1, -0.05) is 18.2 Å². The standard InChI is InChI=1S/C21H29N5O/c1-2-26-17-18(15-22-26)16-24-13-9-21(10-14-24,20(27)25-11-6-12-25)23-19-7-4-3-5-8-19/h3-5,7-8,15,17,23H,2,6,9-14,16H2,1H3. The Hall–Kier alpha value is -2.34. The van der Waals surface area contributed by atoms with Crippen LogP contribution in [0.2, 0.25) is 0 Å². The number of carbonyl (C=O) groups is 1. The molecule has 0 radical (unpaired) electrons. The van der Waals surface area contributed by atoms with E-state index >= 15 is 0 Å². The molecular weight excluding hydrogens is 338 g/mol. The molecule has 4 rings (SSSR count). The number of piperidine rings is 1. The Balaban J connectivity index is 1.45. The Morgan fingerprint density at radius 3 is 2.48 bits per heavy atom. The molecule has 0 aliphatic carbocycles. The van der Waals surface area contributed by atoms with Crippen molar-refractivity contribution in [3.8, 4) is 0 Å². The highest BCUT2D eigenvalue weighted by atomic mass is 16.2. The lowest BCUT2D eigenvalue weighted by atomic mass is 9.84. The van der Waals surface area contributed by atoms with E-state index in [1.165, 1.54) is 5.56 Å². The zero-order valence-electron chi connectivity index (χ0n) is 16.1. The second-order valence-electron chi connectivity index (χ2n) is 7.70. The van der Waals surface area contributed by atoms with Crippen LogP contribution in [0, 0.1) is 0 Å². The summed E-state index contributed by atoms with van der Waals surface area (Å²) in [5.41, 5.74) is 1.80. The minimum Gasteiger partial charge on any atom is -0.371 e. The van der Waals surface area contributed by atoms with E-state index in [0.29, 0.717) is 0 Å². The number of hydrogen-bond donors (Lipinski definition) is 1. The van der Waals surface area contributed by atoms with E-state index in [0.717, 1.165) is 64.2 Å². The second-order valence-corrected chi connectivity index (χ2v) is 7.70. The number of amides is 1. The molecule has 0 saturated carbocycles. The number of para-hydroxylation sites is 1. The topological polar surface area (TPSA) is 53.4 Å². The zero-order valence-corrected chi connectivity index (χ0v) is 16.1. The van der Waals surface area contributed by atoms with E-state index in [2.05, 4.69) is 40.6 Å². The second kappa shape index (κ2) is 7.72. The normalized spacial score (nSPS) is 19.5. The molecule has 1 amide bonds. The van der Waals surface area contributed by atoms with Crippen LogP contribution in [0.4, 0.5) is 5.69 Å². The Kier molecular flexibility index (Phi) is 5.16. The number of rotatable bonds is 6. The maximum atomic E-state index is 13.2. The Bertz CT molecular complexity index is 760. The van der Waals surface area contributed by atoms with Gasteiger partial charge >= 0.3 is 0 Å². The first-order chi connectivity index (χ1) is 13.2. The maximum absolute atomic E-state index is 13.2. The van der Waals surface area contributed by atoms with Gasteiger partial charge in [-0.05, 0) is 38.3 Å². The van der Waals surface area contributed by atoms with Gasteiger partial charge in [-0.25, -0.2) is 0 Å². The molecule has 2 saturated heterocycles. The number of aryl methyl sites for hydroxylation is 1. The molecule has 1 aromatic heterocycles. The number of nitrogens with one attached hydrogen (secondary N) is 1. The summed E-state index contributed by atoms with van der Waals surface area (Å²) in [4.78, 5) is 17.7. The molecule has 0 atom stereocenters. The molecule has 2 aliphatic heterocycles. The van der Waals surface area contributed by atoms with Crippen LogP contribution < -0.4 is 5.32 Å². The molecule has 3 heterocycles. The molecule has 0 unspecified atom stereocenters. The maximum Gasteiger partial charge on any atom is 0.248 e. The van der Waals surface area contributed by atoms with Crippen LogP contribution in [0.25, 0.3) is 0 Å². The summed E-state index contributed by atoms with van der Waals surface area (Å²) in [5, 5.41) is 7.98. The number of likely N-dealkylation sites (tertiary alicyclic amines) is 2. The molecule has 1 aromatic carbocycles. The monoisotopic (exact) mass is 367 g/mol. The van der Waals surface area contributed by atoms with Crippen LogP contribution in [0.1, 0.15) is 31.7 Å². The Morgan fingerprint density at radius 1 is 1.15 bits per heavy atom. The van der Waals surface area contributed by atoms with Gasteiger partial charge in [0.05, 0.1) is 6.20 Å². The van der Waals surface area contributed by atoms with Crippen molar-refractivity contribution in [3.63, 3.8) is 0 Å². The average Bonchev–Trinajstić information content (AvgIpc) is 3.10. The number of hydrogen-bond acceptors (Lipinski definition) is 4. The number of carbonyl (C=O) groups excluding carboxylic acids is 1. The lowest BCUT2D eigenvalue weighted by molar-refractivity contribution is -0.141. The average molecular weight is 367 g/mol. The van der Waals surface area contributed by atoms with Gasteiger partial charge in [-0.15, -0.1) is 0 Å². The third-order valence-electron chi connectivity index (χ3n) is 5.84. The smallest absolute Gasteiger partial charge is 0.248 e. The highest BCUT2D eigenvalue weighted by molar-refractivity contribution is 5.90. The van der Waals surface area contributed by atoms with Gasteiger partial charge in [0.2, 0.25) is 5.91 Å². The molecule has 2 aliphatic rings. The van der Waals surface area contributed by atoms with Gasteiger partial charge in [-0.2, -0.15) is 5.10 Å². The molecule has 27 heavy (non-hydrogen) atoms. The molecule has 6 heteroatoms. The number of aromatic nitrogens is 2. The predicted molar refractivity (Wildman–Crippen MR) is 106 cm³/mol. The number of anilines is 1. The number of nitrogens with zero attached hydrogens (tertiary/aromatic N) is 4. The van der Waals surface area contributed by atoms with Crippen LogP contribution in [0.3, 0.4) is 0 Å². The minimum absolute atomic E-state index is 0.274. The summed E-state index contributed by atoms with van der Waals surface area (Å²) in [5.74, 6) is 0.274. The van der Waals surface area contributed by atoms with E-state index < -0.39 is 5.54 Å². The van der Waals surface area contributed by atoms with Gasteiger partial charge in [0, 0.05) is 56.7 Å². The molecular formula is C21H29N5O. The predicted octanol–water partition coefficient (Wildman–Crippen LogP) is 2.58. The quantitative estimate of drug-likeness (QED) is 0.853. The van der Waals surface area contributed by atoms with Gasteiger partial charge < -0.3 is 10.2 Å². The summed E-state index contributed by atoms with van der Waals surface area (Å²) in [6.45, 7) is 7.53. The minimum atomic E-state index is -0.480. The van der Waals surface area contributed by atoms with Crippen LogP contribution >= 0.6 is 0 Å². The van der Waals surface area contributed by atoms with Gasteiger partial charge in [0.25, 0.3) is 0 Å². The lowest BCUT2D eigenvalue weighted by Gasteiger charge is -2.46. The van der Waals surface area contributed by atoms with Crippen LogP contribution in [-0.2, 0) is 17.9 Å². The largest absolute Gasteiger partial charge is 0.371 e. The fourth-order valence-corrected chi connectivity index (χ4v) is 4.02. The molecule has 2 aromatic rings. The van der Waals surface area contributed by atoms with Crippen LogP contribution in [0.15, 0.2) is 42.7 Å². The summed E-state index contributed by atoms with van der Waals surface area (Å²) in [6, 6.07) is 10.1. The third-order valence-corrected chi connectivity index (χ3v) is 5.84. The molecule has 1 N–H and O–H groups in total. The van der Waals surface area contributed by atoms with E-state index in [1.54, 1.807) is 0 Å². The van der Waals surface area contributed by atoms with Crippen molar-refractivity contribution in [1.29, 1.82) is 0 Å². The van der Waals surface area contributed by atoms with Crippen molar-refractivity contribution in [3.05, 3.63) is 48.3 Å². The molecule has 0 bridgehead atoms. The van der Waals surface area contributed by atoms with Crippen molar-refractivity contribution in [2.75, 3.05) is 31.5 Å². The summed E-state index contributed by atoms with van der Waals surface area (Å²) < 4.78 is 1.97. The number of benzene rings is 1. The van der Waals surface area contributed by atoms with E-state index in [9.17, 15) is 4.79 Å². The zero-order chi connectivity index (χ0) is 18.7. The SMILES string of the molecule is CCn1cc(CN2CCC(Nc3ccccc3)(C(=O)N3CCC3)CC2)cn1. The lowest BCUT2D eigenvalue weighted by Crippen LogP contribution is -2.61. The third kappa shape index (κ3) is 3.86. The summed E-state index contributed by atoms with van der Waals surface area (Å²) in [6.07, 6.45) is 6.87. The van der Waals surface area contributed by atoms with Gasteiger partial charge in [0.15, 0.2) is 0 Å². The fraction of sp³-hybridized carbons (Fsp3) is 0.524. The van der Waals surface area contributed by atoms with Crippen molar-refractivity contribution in [1.82, 2.24) is 19.6 Å². The molecule has 6 nitrogen and oxygen atoms in total.